The van der Waals surface area contributed by atoms with Crippen LogP contribution in [0.25, 0.3) is 6.08 Å². The molecule has 1 aliphatic rings. The molecular formula is C16H11NO4. The van der Waals surface area contributed by atoms with Gasteiger partial charge in [-0.15, -0.1) is 0 Å². The zero-order valence-electron chi connectivity index (χ0n) is 10.9. The van der Waals surface area contributed by atoms with Crippen LogP contribution in [0.5, 0.6) is 5.75 Å². The van der Waals surface area contributed by atoms with Gasteiger partial charge in [0.05, 0.1) is 10.5 Å². The molecule has 1 aliphatic carbocycles. The molecule has 0 saturated carbocycles. The zero-order chi connectivity index (χ0) is 15.0. The molecule has 0 heterocycles. The van der Waals surface area contributed by atoms with E-state index >= 15 is 0 Å². The Morgan fingerprint density at radius 2 is 1.90 bits per heavy atom. The Kier molecular flexibility index (Phi) is 3.02. The van der Waals surface area contributed by atoms with Crippen molar-refractivity contribution in [1.29, 1.82) is 0 Å². The molecule has 0 fully saturated rings. The number of carbonyl (C=O) groups excluding carboxylic acids is 1. The van der Waals surface area contributed by atoms with E-state index in [4.69, 9.17) is 0 Å². The van der Waals surface area contributed by atoms with Crippen LogP contribution in [-0.2, 0) is 6.42 Å². The number of fused-ring (bicyclic) bond motifs is 1. The Balaban J connectivity index is 2.06. The molecule has 0 saturated heterocycles. The summed E-state index contributed by atoms with van der Waals surface area (Å²) >= 11 is 0. The van der Waals surface area contributed by atoms with Crippen molar-refractivity contribution in [2.75, 3.05) is 0 Å². The summed E-state index contributed by atoms with van der Waals surface area (Å²) in [6.45, 7) is 0. The number of phenols is 1. The van der Waals surface area contributed by atoms with Gasteiger partial charge in [-0.25, -0.2) is 0 Å². The molecule has 0 unspecified atom stereocenters. The molecular weight excluding hydrogens is 270 g/mol. The van der Waals surface area contributed by atoms with Gasteiger partial charge in [-0.2, -0.15) is 0 Å². The number of benzene rings is 2. The van der Waals surface area contributed by atoms with Crippen LogP contribution in [0.15, 0.2) is 48.0 Å². The maximum atomic E-state index is 12.3. The van der Waals surface area contributed by atoms with E-state index in [1.165, 1.54) is 18.2 Å². The van der Waals surface area contributed by atoms with Crippen LogP contribution in [0.2, 0.25) is 0 Å². The average molecular weight is 281 g/mol. The maximum Gasteiger partial charge on any atom is 0.276 e. The van der Waals surface area contributed by atoms with Crippen molar-refractivity contribution in [3.63, 3.8) is 0 Å². The fourth-order valence-electron chi connectivity index (χ4n) is 2.50. The minimum atomic E-state index is -0.476. The Hall–Kier alpha value is -2.95. The van der Waals surface area contributed by atoms with Crippen molar-refractivity contribution >= 4 is 17.5 Å². The van der Waals surface area contributed by atoms with Crippen molar-refractivity contribution in [2.45, 2.75) is 6.42 Å². The van der Waals surface area contributed by atoms with Gasteiger partial charge in [-0.1, -0.05) is 24.3 Å². The first-order chi connectivity index (χ1) is 10.1. The number of nitrogens with zero attached hydrogens (tertiary/aromatic N) is 1. The number of carbonyl (C=O) groups is 1. The molecule has 2 aromatic carbocycles. The van der Waals surface area contributed by atoms with Crippen molar-refractivity contribution in [3.8, 4) is 5.75 Å². The predicted octanol–water partition coefficient (Wildman–Crippen LogP) is 3.12. The number of allylic oxidation sites excluding steroid dienone is 1. The summed E-state index contributed by atoms with van der Waals surface area (Å²) in [5.74, 6) is -0.120. The van der Waals surface area contributed by atoms with Gasteiger partial charge in [0.15, 0.2) is 5.78 Å². The molecule has 0 aromatic heterocycles. The minimum absolute atomic E-state index is 0.0435. The third-order valence-corrected chi connectivity index (χ3v) is 3.52. The lowest BCUT2D eigenvalue weighted by Gasteiger charge is -1.99. The first-order valence-corrected chi connectivity index (χ1v) is 6.37. The van der Waals surface area contributed by atoms with Crippen molar-refractivity contribution in [2.24, 2.45) is 0 Å². The molecule has 0 bridgehead atoms. The molecule has 3 rings (SSSR count). The van der Waals surface area contributed by atoms with Crippen LogP contribution in [-0.4, -0.2) is 15.8 Å². The third-order valence-electron chi connectivity index (χ3n) is 3.52. The van der Waals surface area contributed by atoms with Gasteiger partial charge >= 0.3 is 0 Å². The van der Waals surface area contributed by atoms with E-state index in [1.54, 1.807) is 30.3 Å². The maximum absolute atomic E-state index is 12.3. The number of hydrogen-bond donors (Lipinski definition) is 1. The lowest BCUT2D eigenvalue weighted by Crippen LogP contribution is -1.96. The number of nitro groups is 1. The lowest BCUT2D eigenvalue weighted by molar-refractivity contribution is -0.385. The Morgan fingerprint density at radius 1 is 1.14 bits per heavy atom. The SMILES string of the molecule is O=C1C(=Cc2ccccc2[N+](=O)[O-])Cc2c(O)cccc21. The summed E-state index contributed by atoms with van der Waals surface area (Å²) in [7, 11) is 0. The predicted molar refractivity (Wildman–Crippen MR) is 77.2 cm³/mol. The topological polar surface area (TPSA) is 80.4 Å². The highest BCUT2D eigenvalue weighted by atomic mass is 16.6. The number of ketones is 1. The zero-order valence-corrected chi connectivity index (χ0v) is 10.9. The van der Waals surface area contributed by atoms with Crippen molar-refractivity contribution in [3.05, 3.63) is 74.8 Å². The molecule has 104 valence electrons. The van der Waals surface area contributed by atoms with E-state index in [2.05, 4.69) is 0 Å². The molecule has 0 aliphatic heterocycles. The monoisotopic (exact) mass is 281 g/mol. The summed E-state index contributed by atoms with van der Waals surface area (Å²) < 4.78 is 0. The van der Waals surface area contributed by atoms with Gasteiger partial charge in [0.25, 0.3) is 5.69 Å². The molecule has 0 radical (unpaired) electrons. The molecule has 0 amide bonds. The van der Waals surface area contributed by atoms with Gasteiger partial charge < -0.3 is 5.11 Å². The van der Waals surface area contributed by atoms with Crippen LogP contribution in [0.3, 0.4) is 0 Å². The number of phenolic OH excluding ortho intramolecular Hbond substituents is 1. The molecule has 5 heteroatoms. The Labute approximate surface area is 120 Å². The van der Waals surface area contributed by atoms with E-state index in [1.807, 2.05) is 0 Å². The van der Waals surface area contributed by atoms with E-state index < -0.39 is 4.92 Å². The highest BCUT2D eigenvalue weighted by molar-refractivity contribution is 6.16. The fourth-order valence-corrected chi connectivity index (χ4v) is 2.50. The third kappa shape index (κ3) is 2.18. The first kappa shape index (κ1) is 13.1. The molecule has 21 heavy (non-hydrogen) atoms. The fraction of sp³-hybridized carbons (Fsp3) is 0.0625. The standard InChI is InChI=1S/C16H11NO4/c18-15-7-3-5-12-13(15)9-11(16(12)19)8-10-4-1-2-6-14(10)17(20)21/h1-8,18H,9H2. The lowest BCUT2D eigenvalue weighted by atomic mass is 10.1. The van der Waals surface area contributed by atoms with Crippen LogP contribution in [0, 0.1) is 10.1 Å². The summed E-state index contributed by atoms with van der Waals surface area (Å²) in [6, 6.07) is 11.1. The highest BCUT2D eigenvalue weighted by Crippen LogP contribution is 2.34. The average Bonchev–Trinajstić information content (AvgIpc) is 2.78. The second-order valence-corrected chi connectivity index (χ2v) is 4.79. The van der Waals surface area contributed by atoms with Crippen LogP contribution >= 0.6 is 0 Å². The number of para-hydroxylation sites is 1. The van der Waals surface area contributed by atoms with Crippen LogP contribution in [0.4, 0.5) is 5.69 Å². The summed E-state index contributed by atoms with van der Waals surface area (Å²) in [5.41, 5.74) is 1.82. The summed E-state index contributed by atoms with van der Waals surface area (Å²) in [4.78, 5) is 22.8. The molecule has 2 aromatic rings. The van der Waals surface area contributed by atoms with Crippen molar-refractivity contribution in [1.82, 2.24) is 0 Å². The van der Waals surface area contributed by atoms with Gasteiger partial charge in [0.2, 0.25) is 0 Å². The quantitative estimate of drug-likeness (QED) is 0.521. The van der Waals surface area contributed by atoms with Gasteiger partial charge in [-0.3, -0.25) is 14.9 Å². The number of nitro benzene ring substituents is 1. The number of Topliss-reactive ketones (excluding diaryl/α,β-unsaturated/α-hetero) is 1. The van der Waals surface area contributed by atoms with E-state index in [9.17, 15) is 20.0 Å². The normalized spacial score (nSPS) is 15.2. The first-order valence-electron chi connectivity index (χ1n) is 6.37. The molecule has 1 N–H and O–H groups in total. The highest BCUT2D eigenvalue weighted by Gasteiger charge is 2.27. The van der Waals surface area contributed by atoms with Crippen molar-refractivity contribution < 1.29 is 14.8 Å². The van der Waals surface area contributed by atoms with E-state index in [0.717, 1.165) is 0 Å². The van der Waals surface area contributed by atoms with Crippen LogP contribution in [0.1, 0.15) is 21.5 Å². The second-order valence-electron chi connectivity index (χ2n) is 4.79. The number of hydrogen-bond acceptors (Lipinski definition) is 4. The van der Waals surface area contributed by atoms with E-state index in [0.29, 0.717) is 22.3 Å². The van der Waals surface area contributed by atoms with Gasteiger partial charge in [0.1, 0.15) is 5.75 Å². The Bertz CT molecular complexity index is 793. The summed E-state index contributed by atoms with van der Waals surface area (Å²) in [5, 5.41) is 20.8. The summed E-state index contributed by atoms with van der Waals surface area (Å²) in [6.07, 6.45) is 1.81. The number of aromatic hydroxyl groups is 1. The van der Waals surface area contributed by atoms with E-state index in [-0.39, 0.29) is 23.6 Å². The smallest absolute Gasteiger partial charge is 0.276 e. The Morgan fingerprint density at radius 3 is 2.62 bits per heavy atom. The minimum Gasteiger partial charge on any atom is -0.508 e. The molecule has 0 atom stereocenters. The van der Waals surface area contributed by atoms with Gasteiger partial charge in [0, 0.05) is 29.2 Å². The second kappa shape index (κ2) is 4.86. The number of rotatable bonds is 2. The molecule has 0 spiro atoms. The molecule has 5 nitrogen and oxygen atoms in total. The van der Waals surface area contributed by atoms with Gasteiger partial charge in [-0.05, 0) is 18.2 Å². The van der Waals surface area contributed by atoms with Crippen LogP contribution < -0.4 is 0 Å². The largest absolute Gasteiger partial charge is 0.508 e.